The third-order valence-corrected chi connectivity index (χ3v) is 9.64. The molecule has 0 bridgehead atoms. The Kier molecular flexibility index (Phi) is 6.56. The Morgan fingerprint density at radius 2 is 0.980 bits per heavy atom. The van der Waals surface area contributed by atoms with Crippen LogP contribution in [-0.4, -0.2) is 9.13 Å². The first kappa shape index (κ1) is 28.8. The Bertz CT molecular complexity index is 2920. The Labute approximate surface area is 288 Å². The van der Waals surface area contributed by atoms with Gasteiger partial charge in [-0.2, -0.15) is 10.5 Å². The van der Waals surface area contributed by atoms with E-state index in [9.17, 15) is 10.5 Å². The third kappa shape index (κ3) is 4.17. The summed E-state index contributed by atoms with van der Waals surface area (Å²) in [5.41, 5.74) is 10.6. The highest BCUT2D eigenvalue weighted by Crippen LogP contribution is 2.45. The first-order valence-electron chi connectivity index (χ1n) is 16.3. The van der Waals surface area contributed by atoms with Crippen LogP contribution in [0.15, 0.2) is 152 Å². The van der Waals surface area contributed by atoms with Crippen molar-refractivity contribution in [3.63, 3.8) is 0 Å². The van der Waals surface area contributed by atoms with Gasteiger partial charge in [0.05, 0.1) is 57.2 Å². The molecule has 0 unspecified atom stereocenters. The van der Waals surface area contributed by atoms with Gasteiger partial charge in [-0.05, 0) is 59.2 Å². The Morgan fingerprint density at radius 3 is 1.62 bits per heavy atom. The number of fused-ring (bicyclic) bond motifs is 6. The van der Waals surface area contributed by atoms with Crippen molar-refractivity contribution in [1.29, 1.82) is 10.5 Å². The number of hydrogen-bond donors (Lipinski definition) is 0. The quantitative estimate of drug-likeness (QED) is 0.181. The van der Waals surface area contributed by atoms with Crippen LogP contribution >= 0.6 is 0 Å². The maximum Gasteiger partial charge on any atom is 0.211 e. The molecular weight excluding hydrogens is 611 g/mol. The van der Waals surface area contributed by atoms with Crippen LogP contribution in [0.25, 0.3) is 82.1 Å². The molecule has 0 fully saturated rings. The molecule has 0 N–H and O–H groups in total. The predicted octanol–water partition coefficient (Wildman–Crippen LogP) is 11.5. The molecule has 5 heteroatoms. The molecule has 0 spiro atoms. The Morgan fingerprint density at radius 1 is 0.460 bits per heavy atom. The lowest BCUT2D eigenvalue weighted by molar-refractivity contribution is 1.17. The average Bonchev–Trinajstić information content (AvgIpc) is 3.69. The van der Waals surface area contributed by atoms with Gasteiger partial charge in [0, 0.05) is 27.1 Å². The summed E-state index contributed by atoms with van der Waals surface area (Å²) in [4.78, 5) is 4.02. The second-order valence-corrected chi connectivity index (χ2v) is 12.2. The maximum atomic E-state index is 10.9. The van der Waals surface area contributed by atoms with E-state index in [1.54, 1.807) is 0 Å². The van der Waals surface area contributed by atoms with Gasteiger partial charge in [-0.15, -0.1) is 0 Å². The Balaban J connectivity index is 1.33. The van der Waals surface area contributed by atoms with E-state index in [-0.39, 0.29) is 0 Å². The third-order valence-electron chi connectivity index (χ3n) is 9.64. The molecule has 9 rings (SSSR count). The Hall–Kier alpha value is -7.39. The van der Waals surface area contributed by atoms with E-state index in [1.807, 2.05) is 97.1 Å². The van der Waals surface area contributed by atoms with Crippen molar-refractivity contribution in [1.82, 2.24) is 9.13 Å². The molecule has 7 aromatic carbocycles. The van der Waals surface area contributed by atoms with Crippen LogP contribution in [0.5, 0.6) is 0 Å². The van der Waals surface area contributed by atoms with E-state index < -0.39 is 0 Å². The SMILES string of the molecule is [C-]#[N+]c1cccc(-c2ccccc2-c2cccc(-n3c4ccccc4c4ccccc43)c2C#N)c1-n1c2ccccc2c2cc(C#N)ccc21. The van der Waals surface area contributed by atoms with Crippen molar-refractivity contribution in [3.8, 4) is 45.8 Å². The van der Waals surface area contributed by atoms with E-state index in [0.29, 0.717) is 16.8 Å². The highest BCUT2D eigenvalue weighted by atomic mass is 15.0. The predicted molar refractivity (Wildman–Crippen MR) is 202 cm³/mol. The second kappa shape index (κ2) is 11.4. The van der Waals surface area contributed by atoms with Gasteiger partial charge in [-0.1, -0.05) is 109 Å². The minimum Gasteiger partial charge on any atom is -0.318 e. The topological polar surface area (TPSA) is 61.8 Å². The van der Waals surface area contributed by atoms with E-state index in [4.69, 9.17) is 6.57 Å². The smallest absolute Gasteiger partial charge is 0.211 e. The molecule has 50 heavy (non-hydrogen) atoms. The first-order chi connectivity index (χ1) is 24.7. The van der Waals surface area contributed by atoms with Crippen LogP contribution in [0.4, 0.5) is 5.69 Å². The zero-order valence-corrected chi connectivity index (χ0v) is 26.7. The van der Waals surface area contributed by atoms with Crippen LogP contribution in [0, 0.1) is 29.2 Å². The molecule has 0 radical (unpaired) electrons. The number of para-hydroxylation sites is 4. The first-order valence-corrected chi connectivity index (χ1v) is 16.3. The van der Waals surface area contributed by atoms with Crippen LogP contribution < -0.4 is 0 Å². The minimum atomic E-state index is 0.504. The van der Waals surface area contributed by atoms with Gasteiger partial charge >= 0.3 is 0 Å². The molecule has 5 nitrogen and oxygen atoms in total. The maximum absolute atomic E-state index is 10.9. The molecule has 9 aromatic rings. The van der Waals surface area contributed by atoms with Crippen LogP contribution in [0.1, 0.15) is 11.1 Å². The normalized spacial score (nSPS) is 11.1. The van der Waals surface area contributed by atoms with Crippen molar-refractivity contribution in [2.75, 3.05) is 0 Å². The van der Waals surface area contributed by atoms with Crippen LogP contribution in [0.3, 0.4) is 0 Å². The molecule has 2 heterocycles. The zero-order valence-electron chi connectivity index (χ0n) is 26.7. The summed E-state index contributed by atoms with van der Waals surface area (Å²) in [6.45, 7) is 8.27. The molecule has 0 amide bonds. The summed E-state index contributed by atoms with van der Waals surface area (Å²) in [5.74, 6) is 0. The molecule has 230 valence electrons. The number of benzene rings is 7. The van der Waals surface area contributed by atoms with Gasteiger partial charge in [-0.25, -0.2) is 4.85 Å². The molecular formula is C45H25N5. The summed E-state index contributed by atoms with van der Waals surface area (Å²) >= 11 is 0. The number of aromatic nitrogens is 2. The summed E-state index contributed by atoms with van der Waals surface area (Å²) in [6, 6.07) is 55.3. The molecule has 0 atom stereocenters. The fourth-order valence-corrected chi connectivity index (χ4v) is 7.56. The highest BCUT2D eigenvalue weighted by Gasteiger charge is 2.23. The number of nitrogens with zero attached hydrogens (tertiary/aromatic N) is 5. The molecule has 2 aromatic heterocycles. The van der Waals surface area contributed by atoms with Gasteiger partial charge in [-0.3, -0.25) is 0 Å². The summed E-state index contributed by atoms with van der Waals surface area (Å²) < 4.78 is 4.33. The van der Waals surface area contributed by atoms with Gasteiger partial charge in [0.1, 0.15) is 6.07 Å². The van der Waals surface area contributed by atoms with E-state index in [2.05, 4.69) is 80.7 Å². The zero-order chi connectivity index (χ0) is 33.8. The van der Waals surface area contributed by atoms with Crippen molar-refractivity contribution < 1.29 is 0 Å². The number of hydrogen-bond acceptors (Lipinski definition) is 2. The molecule has 0 aliphatic heterocycles. The van der Waals surface area contributed by atoms with Gasteiger partial charge in [0.2, 0.25) is 5.69 Å². The minimum absolute atomic E-state index is 0.504. The number of rotatable bonds is 4. The van der Waals surface area contributed by atoms with Gasteiger partial charge in [0.25, 0.3) is 0 Å². The summed E-state index contributed by atoms with van der Waals surface area (Å²) in [7, 11) is 0. The second-order valence-electron chi connectivity index (χ2n) is 12.2. The fourth-order valence-electron chi connectivity index (χ4n) is 7.56. The van der Waals surface area contributed by atoms with Crippen molar-refractivity contribution in [3.05, 3.63) is 174 Å². The summed E-state index contributed by atoms with van der Waals surface area (Å²) in [6.07, 6.45) is 0. The van der Waals surface area contributed by atoms with E-state index >= 15 is 0 Å². The molecule has 0 aliphatic rings. The molecule has 0 saturated carbocycles. The van der Waals surface area contributed by atoms with Crippen molar-refractivity contribution in [2.24, 2.45) is 0 Å². The summed E-state index contributed by atoms with van der Waals surface area (Å²) in [5, 5.41) is 24.8. The monoisotopic (exact) mass is 635 g/mol. The number of nitriles is 2. The lowest BCUT2D eigenvalue weighted by atomic mass is 9.90. The largest absolute Gasteiger partial charge is 0.318 e. The highest BCUT2D eigenvalue weighted by molar-refractivity contribution is 6.12. The van der Waals surface area contributed by atoms with Crippen molar-refractivity contribution in [2.45, 2.75) is 0 Å². The average molecular weight is 636 g/mol. The van der Waals surface area contributed by atoms with Crippen LogP contribution in [-0.2, 0) is 0 Å². The lowest BCUT2D eigenvalue weighted by Gasteiger charge is -2.20. The standard InChI is InChI=1S/C45H25N5/c1-48-39-19-10-18-36(45(39)50-42-22-9-6-16-35(42)37-26-29(27-46)24-25-44(37)50)31-13-3-2-12-30(31)32-17-11-23-43(38(32)28-47)49-40-20-7-4-14-33(40)34-15-5-8-21-41(34)49/h2-26H. The van der Waals surface area contributed by atoms with Gasteiger partial charge < -0.3 is 9.13 Å². The molecule has 0 saturated heterocycles. The van der Waals surface area contributed by atoms with Gasteiger partial charge in [0.15, 0.2) is 0 Å². The lowest BCUT2D eigenvalue weighted by Crippen LogP contribution is -2.01. The van der Waals surface area contributed by atoms with Crippen LogP contribution in [0.2, 0.25) is 0 Å². The van der Waals surface area contributed by atoms with E-state index in [1.165, 1.54) is 0 Å². The molecule has 0 aliphatic carbocycles. The fraction of sp³-hybridized carbons (Fsp3) is 0. The van der Waals surface area contributed by atoms with E-state index in [0.717, 1.165) is 77.2 Å². The van der Waals surface area contributed by atoms with Crippen molar-refractivity contribution >= 4 is 49.3 Å².